The molecule has 1 atom stereocenters. The molecule has 196 valence electrons. The fraction of sp³-hybridized carbons (Fsp3) is 0.259. The van der Waals surface area contributed by atoms with Gasteiger partial charge < -0.3 is 10.2 Å². The molecular weight excluding hydrogens is 533 g/mol. The molecule has 0 heterocycles. The van der Waals surface area contributed by atoms with Crippen LogP contribution in [0.15, 0.2) is 77.7 Å². The number of halogens is 2. The summed E-state index contributed by atoms with van der Waals surface area (Å²) in [6.45, 7) is 3.05. The van der Waals surface area contributed by atoms with Crippen molar-refractivity contribution in [2.75, 3.05) is 17.9 Å². The van der Waals surface area contributed by atoms with E-state index in [-0.39, 0.29) is 17.3 Å². The Hall–Kier alpha value is -3.07. The van der Waals surface area contributed by atoms with Crippen LogP contribution in [0.1, 0.15) is 24.5 Å². The highest BCUT2D eigenvalue weighted by Crippen LogP contribution is 2.28. The van der Waals surface area contributed by atoms with Crippen molar-refractivity contribution in [3.05, 3.63) is 94.0 Å². The van der Waals surface area contributed by atoms with Crippen molar-refractivity contribution in [2.45, 2.75) is 37.8 Å². The van der Waals surface area contributed by atoms with Gasteiger partial charge in [0, 0.05) is 29.2 Å². The van der Waals surface area contributed by atoms with Crippen LogP contribution < -0.4 is 9.62 Å². The minimum Gasteiger partial charge on any atom is -0.357 e. The lowest BCUT2D eigenvalue weighted by atomic mass is 10.1. The maximum Gasteiger partial charge on any atom is 0.264 e. The zero-order chi connectivity index (χ0) is 27.2. The molecule has 3 aromatic carbocycles. The summed E-state index contributed by atoms with van der Waals surface area (Å²) in [4.78, 5) is 28.0. The Morgan fingerprint density at radius 1 is 0.919 bits per heavy atom. The summed E-state index contributed by atoms with van der Waals surface area (Å²) in [6, 6.07) is 18.8. The second-order valence-electron chi connectivity index (χ2n) is 8.42. The first-order chi connectivity index (χ1) is 17.6. The van der Waals surface area contributed by atoms with Gasteiger partial charge in [-0.1, -0.05) is 72.1 Å². The second kappa shape index (κ2) is 12.4. The van der Waals surface area contributed by atoms with Crippen molar-refractivity contribution in [1.29, 1.82) is 0 Å². The van der Waals surface area contributed by atoms with Crippen molar-refractivity contribution in [1.82, 2.24) is 10.2 Å². The Morgan fingerprint density at radius 2 is 1.51 bits per heavy atom. The van der Waals surface area contributed by atoms with E-state index in [1.54, 1.807) is 67.6 Å². The zero-order valence-corrected chi connectivity index (χ0v) is 23.1. The standard InChI is InChI=1S/C27H29Cl2N3O4S/c1-4-25(27(34)30-3)31(17-22-23(28)11-8-12-24(22)29)26(33)18-32(20-15-13-19(2)14-16-20)37(35,36)21-9-6-5-7-10-21/h5-16,25H,4,17-18H2,1-3H3,(H,30,34)/t25-/m1/s1. The average Bonchev–Trinajstić information content (AvgIpc) is 2.89. The van der Waals surface area contributed by atoms with Gasteiger partial charge in [-0.3, -0.25) is 13.9 Å². The molecular formula is C27H29Cl2N3O4S. The topological polar surface area (TPSA) is 86.8 Å². The van der Waals surface area contributed by atoms with Gasteiger partial charge in [0.25, 0.3) is 10.0 Å². The fourth-order valence-corrected chi connectivity index (χ4v) is 5.85. The Labute approximate surface area is 228 Å². The number of aryl methyl sites for hydroxylation is 1. The SMILES string of the molecule is CC[C@H](C(=O)NC)N(Cc1c(Cl)cccc1Cl)C(=O)CN(c1ccc(C)cc1)S(=O)(=O)c1ccccc1. The number of nitrogens with zero attached hydrogens (tertiary/aromatic N) is 2. The summed E-state index contributed by atoms with van der Waals surface area (Å²) >= 11 is 12.8. The molecule has 37 heavy (non-hydrogen) atoms. The number of benzene rings is 3. The van der Waals surface area contributed by atoms with Crippen LogP contribution in [0.2, 0.25) is 10.0 Å². The number of nitrogens with one attached hydrogen (secondary N) is 1. The smallest absolute Gasteiger partial charge is 0.264 e. The molecule has 0 bridgehead atoms. The summed E-state index contributed by atoms with van der Waals surface area (Å²) in [5.74, 6) is -0.960. The zero-order valence-electron chi connectivity index (χ0n) is 20.8. The molecule has 0 aliphatic heterocycles. The number of carbonyl (C=O) groups excluding carboxylic acids is 2. The molecule has 0 spiro atoms. The van der Waals surface area contributed by atoms with E-state index in [9.17, 15) is 18.0 Å². The molecule has 3 rings (SSSR count). The maximum absolute atomic E-state index is 13.9. The lowest BCUT2D eigenvalue weighted by Crippen LogP contribution is -2.51. The van der Waals surface area contributed by atoms with Crippen molar-refractivity contribution in [2.24, 2.45) is 0 Å². The normalized spacial score (nSPS) is 12.0. The van der Waals surface area contributed by atoms with Crippen LogP contribution in [-0.2, 0) is 26.2 Å². The van der Waals surface area contributed by atoms with Gasteiger partial charge in [0.1, 0.15) is 12.6 Å². The highest BCUT2D eigenvalue weighted by Gasteiger charge is 2.33. The monoisotopic (exact) mass is 561 g/mol. The molecule has 1 N–H and O–H groups in total. The molecule has 10 heteroatoms. The number of amides is 2. The fourth-order valence-electron chi connectivity index (χ4n) is 3.90. The van der Waals surface area contributed by atoms with Crippen LogP contribution in [0.25, 0.3) is 0 Å². The summed E-state index contributed by atoms with van der Waals surface area (Å²) < 4.78 is 28.5. The Morgan fingerprint density at radius 3 is 2.05 bits per heavy atom. The van der Waals surface area contributed by atoms with Crippen molar-refractivity contribution in [3.63, 3.8) is 0 Å². The lowest BCUT2D eigenvalue weighted by molar-refractivity contribution is -0.140. The van der Waals surface area contributed by atoms with Crippen molar-refractivity contribution in [3.8, 4) is 0 Å². The van der Waals surface area contributed by atoms with E-state index in [1.807, 2.05) is 6.92 Å². The van der Waals surface area contributed by atoms with E-state index >= 15 is 0 Å². The van der Waals surface area contributed by atoms with E-state index in [1.165, 1.54) is 24.1 Å². The number of sulfonamides is 1. The first-order valence-corrected chi connectivity index (χ1v) is 13.9. The predicted molar refractivity (Wildman–Crippen MR) is 147 cm³/mol. The minimum atomic E-state index is -4.11. The Kier molecular flexibility index (Phi) is 9.59. The molecule has 0 saturated heterocycles. The largest absolute Gasteiger partial charge is 0.357 e. The quantitative estimate of drug-likeness (QED) is 0.375. The van der Waals surface area contributed by atoms with Crippen molar-refractivity contribution < 1.29 is 18.0 Å². The molecule has 0 radical (unpaired) electrons. The van der Waals surface area contributed by atoms with Crippen LogP contribution in [0.4, 0.5) is 5.69 Å². The molecule has 0 aromatic heterocycles. The lowest BCUT2D eigenvalue weighted by Gasteiger charge is -2.33. The van der Waals surface area contributed by atoms with E-state index < -0.39 is 28.5 Å². The van der Waals surface area contributed by atoms with Crippen LogP contribution in [-0.4, -0.2) is 44.8 Å². The van der Waals surface area contributed by atoms with Gasteiger partial charge in [-0.25, -0.2) is 8.42 Å². The molecule has 0 fully saturated rings. The number of anilines is 1. The van der Waals surface area contributed by atoms with Crippen LogP contribution in [0.3, 0.4) is 0 Å². The maximum atomic E-state index is 13.9. The minimum absolute atomic E-state index is 0.0439. The Balaban J connectivity index is 2.08. The van der Waals surface area contributed by atoms with Gasteiger partial charge in [-0.2, -0.15) is 0 Å². The molecule has 0 unspecified atom stereocenters. The van der Waals surface area contributed by atoms with Gasteiger partial charge in [0.2, 0.25) is 11.8 Å². The predicted octanol–water partition coefficient (Wildman–Crippen LogP) is 5.05. The second-order valence-corrected chi connectivity index (χ2v) is 11.1. The summed E-state index contributed by atoms with van der Waals surface area (Å²) in [5, 5.41) is 3.26. The summed E-state index contributed by atoms with van der Waals surface area (Å²) in [5.41, 5.74) is 1.73. The highest BCUT2D eigenvalue weighted by atomic mass is 35.5. The van der Waals surface area contributed by atoms with Crippen LogP contribution in [0.5, 0.6) is 0 Å². The van der Waals surface area contributed by atoms with Crippen LogP contribution >= 0.6 is 23.2 Å². The number of carbonyl (C=O) groups is 2. The van der Waals surface area contributed by atoms with Gasteiger partial charge in [-0.15, -0.1) is 0 Å². The van der Waals surface area contributed by atoms with E-state index in [2.05, 4.69) is 5.32 Å². The van der Waals surface area contributed by atoms with E-state index in [4.69, 9.17) is 23.2 Å². The number of hydrogen-bond donors (Lipinski definition) is 1. The number of rotatable bonds is 10. The highest BCUT2D eigenvalue weighted by molar-refractivity contribution is 7.92. The van der Waals surface area contributed by atoms with Gasteiger partial charge in [0.15, 0.2) is 0 Å². The van der Waals surface area contributed by atoms with Crippen LogP contribution in [0, 0.1) is 6.92 Å². The van der Waals surface area contributed by atoms with Gasteiger partial charge in [-0.05, 0) is 49.7 Å². The van der Waals surface area contributed by atoms with E-state index in [0.717, 1.165) is 9.87 Å². The third-order valence-electron chi connectivity index (χ3n) is 5.95. The number of hydrogen-bond acceptors (Lipinski definition) is 4. The van der Waals surface area contributed by atoms with Crippen molar-refractivity contribution >= 4 is 50.7 Å². The molecule has 7 nitrogen and oxygen atoms in total. The average molecular weight is 563 g/mol. The summed E-state index contributed by atoms with van der Waals surface area (Å²) in [6.07, 6.45) is 0.295. The van der Waals surface area contributed by atoms with Gasteiger partial charge >= 0.3 is 0 Å². The Bertz CT molecular complexity index is 1330. The summed E-state index contributed by atoms with van der Waals surface area (Å²) in [7, 11) is -2.63. The molecule has 3 aromatic rings. The first-order valence-electron chi connectivity index (χ1n) is 11.7. The first kappa shape index (κ1) is 28.5. The molecule has 0 saturated carbocycles. The third-order valence-corrected chi connectivity index (χ3v) is 8.45. The van der Waals surface area contributed by atoms with Gasteiger partial charge in [0.05, 0.1) is 10.6 Å². The molecule has 0 aliphatic carbocycles. The number of likely N-dealkylation sites (N-methyl/N-ethyl adjacent to an activating group) is 1. The third kappa shape index (κ3) is 6.63. The molecule has 0 aliphatic rings. The molecule has 2 amide bonds. The van der Waals surface area contributed by atoms with E-state index in [0.29, 0.717) is 27.7 Å².